The number of urea groups is 1. The molecule has 2 aliphatic heterocycles. The van der Waals surface area contributed by atoms with Crippen LogP contribution in [0.25, 0.3) is 0 Å². The SMILES string of the molecule is CSCC(=O)N1CC2CN(C(=O)Nc3cc(C)ccc3C)CC2(CN(C)C)C1. The van der Waals surface area contributed by atoms with Crippen LogP contribution >= 0.6 is 11.8 Å². The Hall–Kier alpha value is -1.73. The number of fused-ring (bicyclic) bond motifs is 1. The Balaban J connectivity index is 1.72. The molecule has 0 spiro atoms. The van der Waals surface area contributed by atoms with Gasteiger partial charge in [-0.15, -0.1) is 0 Å². The van der Waals surface area contributed by atoms with Gasteiger partial charge in [0, 0.05) is 49.7 Å². The highest BCUT2D eigenvalue weighted by Gasteiger charge is 2.54. The van der Waals surface area contributed by atoms with Crippen molar-refractivity contribution in [1.29, 1.82) is 0 Å². The van der Waals surface area contributed by atoms with Crippen LogP contribution in [-0.4, -0.2) is 85.5 Å². The number of thioether (sulfide) groups is 1. The zero-order valence-electron chi connectivity index (χ0n) is 17.6. The van der Waals surface area contributed by atoms with E-state index in [1.165, 1.54) is 0 Å². The Labute approximate surface area is 172 Å². The molecule has 7 heteroatoms. The summed E-state index contributed by atoms with van der Waals surface area (Å²) in [6, 6.07) is 6.06. The van der Waals surface area contributed by atoms with E-state index in [1.54, 1.807) is 11.8 Å². The Morgan fingerprint density at radius 1 is 1.21 bits per heavy atom. The van der Waals surface area contributed by atoms with Crippen LogP contribution in [0.4, 0.5) is 10.5 Å². The van der Waals surface area contributed by atoms with E-state index in [2.05, 4.69) is 30.4 Å². The topological polar surface area (TPSA) is 55.9 Å². The molecule has 6 nitrogen and oxygen atoms in total. The Bertz CT molecular complexity index is 754. The summed E-state index contributed by atoms with van der Waals surface area (Å²) in [5.41, 5.74) is 3.03. The van der Waals surface area contributed by atoms with Crippen molar-refractivity contribution in [2.75, 3.05) is 64.1 Å². The number of nitrogens with zero attached hydrogens (tertiary/aromatic N) is 3. The average molecular weight is 405 g/mol. The highest BCUT2D eigenvalue weighted by atomic mass is 32.2. The van der Waals surface area contributed by atoms with Gasteiger partial charge in [0.2, 0.25) is 5.91 Å². The number of nitrogens with one attached hydrogen (secondary N) is 1. The summed E-state index contributed by atoms with van der Waals surface area (Å²) in [4.78, 5) is 31.5. The number of hydrogen-bond acceptors (Lipinski definition) is 4. The summed E-state index contributed by atoms with van der Waals surface area (Å²) in [6.07, 6.45) is 1.96. The molecule has 0 aliphatic carbocycles. The molecule has 1 N–H and O–H groups in total. The molecule has 2 saturated heterocycles. The minimum atomic E-state index is -0.0451. The van der Waals surface area contributed by atoms with E-state index in [9.17, 15) is 9.59 Å². The fraction of sp³-hybridized carbons (Fsp3) is 0.619. The first-order chi connectivity index (χ1) is 13.2. The number of aryl methyl sites for hydroxylation is 2. The van der Waals surface area contributed by atoms with E-state index in [-0.39, 0.29) is 17.4 Å². The molecule has 0 radical (unpaired) electrons. The summed E-state index contributed by atoms with van der Waals surface area (Å²) >= 11 is 1.57. The molecule has 3 amide bonds. The lowest BCUT2D eigenvalue weighted by atomic mass is 9.80. The monoisotopic (exact) mass is 404 g/mol. The van der Waals surface area contributed by atoms with Crippen LogP contribution in [0, 0.1) is 25.2 Å². The van der Waals surface area contributed by atoms with Crippen molar-refractivity contribution < 1.29 is 9.59 Å². The molecule has 1 aromatic rings. The molecule has 0 bridgehead atoms. The zero-order chi connectivity index (χ0) is 20.5. The van der Waals surface area contributed by atoms with Gasteiger partial charge in [-0.05, 0) is 51.4 Å². The molecule has 0 aromatic heterocycles. The van der Waals surface area contributed by atoms with E-state index < -0.39 is 0 Å². The van der Waals surface area contributed by atoms with E-state index in [1.807, 2.05) is 42.0 Å². The number of likely N-dealkylation sites (tertiary alicyclic amines) is 2. The maximum Gasteiger partial charge on any atom is 0.321 e. The molecule has 2 atom stereocenters. The zero-order valence-corrected chi connectivity index (χ0v) is 18.4. The lowest BCUT2D eigenvalue weighted by Gasteiger charge is -2.32. The van der Waals surface area contributed by atoms with Gasteiger partial charge in [-0.3, -0.25) is 4.79 Å². The summed E-state index contributed by atoms with van der Waals surface area (Å²) in [5, 5.41) is 3.10. The number of anilines is 1. The van der Waals surface area contributed by atoms with Crippen molar-refractivity contribution in [3.05, 3.63) is 29.3 Å². The van der Waals surface area contributed by atoms with Crippen LogP contribution in [0.15, 0.2) is 18.2 Å². The first-order valence-electron chi connectivity index (χ1n) is 9.79. The molecular formula is C21H32N4O2S. The molecule has 3 rings (SSSR count). The van der Waals surface area contributed by atoms with Crippen LogP contribution in [0.1, 0.15) is 11.1 Å². The second kappa shape index (κ2) is 8.33. The van der Waals surface area contributed by atoms with E-state index in [0.29, 0.717) is 24.8 Å². The van der Waals surface area contributed by atoms with Crippen LogP contribution in [0.3, 0.4) is 0 Å². The predicted octanol–water partition coefficient (Wildman–Crippen LogP) is 2.52. The summed E-state index contributed by atoms with van der Waals surface area (Å²) in [6.45, 7) is 7.80. The van der Waals surface area contributed by atoms with Crippen molar-refractivity contribution in [2.24, 2.45) is 11.3 Å². The second-order valence-corrected chi connectivity index (χ2v) is 9.50. The van der Waals surface area contributed by atoms with Gasteiger partial charge in [-0.25, -0.2) is 4.79 Å². The van der Waals surface area contributed by atoms with Crippen molar-refractivity contribution in [3.63, 3.8) is 0 Å². The van der Waals surface area contributed by atoms with Gasteiger partial charge in [0.25, 0.3) is 0 Å². The molecule has 28 heavy (non-hydrogen) atoms. The maximum atomic E-state index is 13.0. The third-order valence-corrected chi connectivity index (χ3v) is 6.47. The smallest absolute Gasteiger partial charge is 0.321 e. The van der Waals surface area contributed by atoms with Crippen molar-refractivity contribution in [3.8, 4) is 0 Å². The van der Waals surface area contributed by atoms with Gasteiger partial charge in [0.15, 0.2) is 0 Å². The van der Waals surface area contributed by atoms with E-state index >= 15 is 0 Å². The minimum absolute atomic E-state index is 0.0387. The Kier molecular flexibility index (Phi) is 6.25. The van der Waals surface area contributed by atoms with Gasteiger partial charge in [0.1, 0.15) is 0 Å². The number of benzene rings is 1. The van der Waals surface area contributed by atoms with E-state index in [4.69, 9.17) is 0 Å². The highest BCUT2D eigenvalue weighted by molar-refractivity contribution is 7.99. The summed E-state index contributed by atoms with van der Waals surface area (Å²) in [5.74, 6) is 1.07. The van der Waals surface area contributed by atoms with Crippen LogP contribution < -0.4 is 5.32 Å². The third-order valence-electron chi connectivity index (χ3n) is 5.93. The molecule has 2 unspecified atom stereocenters. The summed E-state index contributed by atoms with van der Waals surface area (Å²) in [7, 11) is 4.13. The quantitative estimate of drug-likeness (QED) is 0.819. The van der Waals surface area contributed by atoms with Crippen molar-refractivity contribution >= 4 is 29.4 Å². The molecule has 0 saturated carbocycles. The molecule has 2 fully saturated rings. The fourth-order valence-electron chi connectivity index (χ4n) is 4.66. The lowest BCUT2D eigenvalue weighted by Crippen LogP contribution is -2.44. The average Bonchev–Trinajstić information content (AvgIpc) is 3.11. The molecule has 2 aliphatic rings. The highest BCUT2D eigenvalue weighted by Crippen LogP contribution is 2.43. The van der Waals surface area contributed by atoms with Gasteiger partial charge in [-0.1, -0.05) is 12.1 Å². The number of carbonyl (C=O) groups is 2. The van der Waals surface area contributed by atoms with Gasteiger partial charge in [0.05, 0.1) is 5.75 Å². The Morgan fingerprint density at radius 3 is 2.57 bits per heavy atom. The molecular weight excluding hydrogens is 372 g/mol. The number of amides is 3. The Morgan fingerprint density at radius 2 is 1.89 bits per heavy atom. The number of hydrogen-bond donors (Lipinski definition) is 1. The minimum Gasteiger partial charge on any atom is -0.341 e. The lowest BCUT2D eigenvalue weighted by molar-refractivity contribution is -0.127. The first-order valence-corrected chi connectivity index (χ1v) is 11.2. The normalized spacial score (nSPS) is 24.0. The number of carbonyl (C=O) groups excluding carboxylic acids is 2. The molecule has 1 aromatic carbocycles. The number of rotatable bonds is 5. The largest absolute Gasteiger partial charge is 0.341 e. The van der Waals surface area contributed by atoms with Crippen molar-refractivity contribution in [1.82, 2.24) is 14.7 Å². The first kappa shape index (κ1) is 21.0. The second-order valence-electron chi connectivity index (χ2n) is 8.63. The predicted molar refractivity (Wildman–Crippen MR) is 116 cm³/mol. The molecule has 154 valence electrons. The fourth-order valence-corrected chi connectivity index (χ4v) is 5.09. The summed E-state index contributed by atoms with van der Waals surface area (Å²) < 4.78 is 0. The van der Waals surface area contributed by atoms with Gasteiger partial charge < -0.3 is 20.0 Å². The maximum absolute atomic E-state index is 13.0. The van der Waals surface area contributed by atoms with Crippen LogP contribution in [0.2, 0.25) is 0 Å². The van der Waals surface area contributed by atoms with Crippen molar-refractivity contribution in [2.45, 2.75) is 13.8 Å². The van der Waals surface area contributed by atoms with Gasteiger partial charge >= 0.3 is 6.03 Å². The standard InChI is InChI=1S/C21H32N4O2S/c1-15-6-7-16(2)18(8-15)22-20(27)25-10-17-9-24(19(26)11-28-5)13-21(17,14-25)12-23(3)4/h6-8,17H,9-14H2,1-5H3,(H,22,27). The van der Waals surface area contributed by atoms with Crippen LogP contribution in [0.5, 0.6) is 0 Å². The third kappa shape index (κ3) is 4.30. The van der Waals surface area contributed by atoms with Crippen LogP contribution in [-0.2, 0) is 4.79 Å². The van der Waals surface area contributed by atoms with E-state index in [0.717, 1.165) is 36.4 Å². The molecule has 2 heterocycles. The van der Waals surface area contributed by atoms with Gasteiger partial charge in [-0.2, -0.15) is 11.8 Å².